The molecule has 5 rings (SSSR count). The zero-order valence-electron chi connectivity index (χ0n) is 15.4. The molecular weight excluding hydrogens is 320 g/mol. The lowest BCUT2D eigenvalue weighted by atomic mass is 9.88. The van der Waals surface area contributed by atoms with E-state index in [1.165, 1.54) is 22.2 Å². The van der Waals surface area contributed by atoms with Crippen LogP contribution in [0.2, 0.25) is 0 Å². The van der Waals surface area contributed by atoms with Crippen LogP contribution in [-0.4, -0.2) is 19.0 Å². The smallest absolute Gasteiger partial charge is 0.226 e. The number of nitrogens with zero attached hydrogens (tertiary/aromatic N) is 2. The quantitative estimate of drug-likeness (QED) is 0.576. The van der Waals surface area contributed by atoms with Crippen molar-refractivity contribution in [1.82, 2.24) is 0 Å². The maximum absolute atomic E-state index is 6.70. The molecule has 2 atom stereocenters. The fourth-order valence-electron chi connectivity index (χ4n) is 4.54. The van der Waals surface area contributed by atoms with Crippen LogP contribution in [-0.2, 0) is 0 Å². The van der Waals surface area contributed by atoms with Crippen molar-refractivity contribution in [3.63, 3.8) is 0 Å². The summed E-state index contributed by atoms with van der Waals surface area (Å²) in [6.07, 6.45) is 3.01. The monoisotopic (exact) mass is 342 g/mol. The van der Waals surface area contributed by atoms with E-state index >= 15 is 0 Å². The predicted octanol–water partition coefficient (Wildman–Crippen LogP) is 5.58. The van der Waals surface area contributed by atoms with Gasteiger partial charge in [0.2, 0.25) is 5.72 Å². The minimum Gasteiger partial charge on any atom is -0.460 e. The Kier molecular flexibility index (Phi) is 3.17. The van der Waals surface area contributed by atoms with Crippen LogP contribution < -0.4 is 9.64 Å². The second-order valence-corrected chi connectivity index (χ2v) is 7.33. The molecule has 3 aromatic carbocycles. The van der Waals surface area contributed by atoms with Gasteiger partial charge in [-0.1, -0.05) is 55.0 Å². The summed E-state index contributed by atoms with van der Waals surface area (Å²) < 4.78 is 6.70. The first-order chi connectivity index (χ1) is 12.6. The van der Waals surface area contributed by atoms with E-state index in [2.05, 4.69) is 80.4 Å². The van der Waals surface area contributed by atoms with Crippen molar-refractivity contribution in [1.29, 1.82) is 0 Å². The molecule has 1 spiro atoms. The van der Waals surface area contributed by atoms with Gasteiger partial charge in [-0.05, 0) is 36.4 Å². The first-order valence-corrected chi connectivity index (χ1v) is 9.24. The SMILES string of the molecule is CCC1c2cc(C)ccc2N(C)C12C=Nc1c(ccc3ccccc13)O2. The van der Waals surface area contributed by atoms with Gasteiger partial charge in [-0.15, -0.1) is 0 Å². The minimum absolute atomic E-state index is 0.255. The second-order valence-electron chi connectivity index (χ2n) is 7.33. The molecule has 3 aromatic rings. The van der Waals surface area contributed by atoms with Gasteiger partial charge in [0.15, 0.2) is 0 Å². The summed E-state index contributed by atoms with van der Waals surface area (Å²) in [6, 6.07) is 19.2. The van der Waals surface area contributed by atoms with E-state index < -0.39 is 5.72 Å². The average Bonchev–Trinajstić information content (AvgIpc) is 2.88. The number of ether oxygens (including phenoxy) is 1. The van der Waals surface area contributed by atoms with Crippen molar-refractivity contribution in [2.45, 2.75) is 31.9 Å². The Morgan fingerprint density at radius 3 is 2.81 bits per heavy atom. The Hall–Kier alpha value is -2.81. The van der Waals surface area contributed by atoms with Crippen LogP contribution in [0.5, 0.6) is 5.75 Å². The van der Waals surface area contributed by atoms with Gasteiger partial charge in [-0.3, -0.25) is 4.99 Å². The van der Waals surface area contributed by atoms with Crippen LogP contribution in [0.15, 0.2) is 59.6 Å². The number of likely N-dealkylation sites (N-methyl/N-ethyl adjacent to an activating group) is 1. The first kappa shape index (κ1) is 15.4. The molecule has 0 aliphatic carbocycles. The normalized spacial score (nSPS) is 23.2. The van der Waals surface area contributed by atoms with E-state index in [1.54, 1.807) is 0 Å². The molecule has 2 unspecified atom stereocenters. The fraction of sp³-hybridized carbons (Fsp3) is 0.261. The maximum Gasteiger partial charge on any atom is 0.226 e. The fourth-order valence-corrected chi connectivity index (χ4v) is 4.54. The van der Waals surface area contributed by atoms with E-state index in [0.29, 0.717) is 0 Å². The Labute approximate surface area is 153 Å². The lowest BCUT2D eigenvalue weighted by molar-refractivity contribution is 0.121. The van der Waals surface area contributed by atoms with Crippen LogP contribution in [0, 0.1) is 6.92 Å². The van der Waals surface area contributed by atoms with Crippen molar-refractivity contribution in [3.8, 4) is 5.75 Å². The number of fused-ring (bicyclic) bond motifs is 4. The van der Waals surface area contributed by atoms with Crippen LogP contribution >= 0.6 is 0 Å². The Bertz CT molecular complexity index is 1060. The highest BCUT2D eigenvalue weighted by Crippen LogP contribution is 2.52. The van der Waals surface area contributed by atoms with Gasteiger partial charge >= 0.3 is 0 Å². The molecule has 0 saturated carbocycles. The van der Waals surface area contributed by atoms with Crippen molar-refractivity contribution in [3.05, 3.63) is 65.7 Å². The molecule has 3 nitrogen and oxygen atoms in total. The van der Waals surface area contributed by atoms with Gasteiger partial charge in [0.25, 0.3) is 0 Å². The molecule has 130 valence electrons. The average molecular weight is 342 g/mol. The molecule has 0 radical (unpaired) electrons. The molecule has 0 amide bonds. The van der Waals surface area contributed by atoms with Gasteiger partial charge in [0.05, 0.1) is 12.1 Å². The number of hydrogen-bond donors (Lipinski definition) is 0. The standard InChI is InChI=1S/C23H22N2O/c1-4-19-18-13-15(2)9-11-20(18)25(3)23(19)14-24-22-17-8-6-5-7-16(17)10-12-21(22)26-23/h5-14,19H,4H2,1-3H3. The highest BCUT2D eigenvalue weighted by atomic mass is 16.5. The summed E-state index contributed by atoms with van der Waals surface area (Å²) >= 11 is 0. The largest absolute Gasteiger partial charge is 0.460 e. The van der Waals surface area contributed by atoms with Gasteiger partial charge in [-0.25, -0.2) is 0 Å². The lowest BCUT2D eigenvalue weighted by Gasteiger charge is -2.40. The van der Waals surface area contributed by atoms with E-state index in [9.17, 15) is 0 Å². The number of anilines is 1. The molecule has 3 heteroatoms. The number of aliphatic imine (C=N–C) groups is 1. The summed E-state index contributed by atoms with van der Waals surface area (Å²) in [5.41, 5.74) is 4.25. The molecule has 0 aromatic heterocycles. The Morgan fingerprint density at radius 1 is 1.12 bits per heavy atom. The summed E-state index contributed by atoms with van der Waals surface area (Å²) in [5, 5.41) is 2.33. The molecule has 0 bridgehead atoms. The highest BCUT2D eigenvalue weighted by Gasteiger charge is 2.52. The third kappa shape index (κ3) is 1.91. The maximum atomic E-state index is 6.70. The van der Waals surface area contributed by atoms with E-state index in [1.807, 2.05) is 6.21 Å². The molecular formula is C23H22N2O. The summed E-state index contributed by atoms with van der Waals surface area (Å²) in [6.45, 7) is 4.38. The van der Waals surface area contributed by atoms with E-state index in [0.717, 1.165) is 23.2 Å². The zero-order chi connectivity index (χ0) is 17.9. The number of hydrogen-bond acceptors (Lipinski definition) is 3. The van der Waals surface area contributed by atoms with E-state index in [-0.39, 0.29) is 5.92 Å². The molecule has 0 N–H and O–H groups in total. The molecule has 2 aliphatic rings. The van der Waals surface area contributed by atoms with Gasteiger partial charge in [0.1, 0.15) is 11.4 Å². The number of rotatable bonds is 1. The molecule has 26 heavy (non-hydrogen) atoms. The number of benzene rings is 3. The Balaban J connectivity index is 1.68. The first-order valence-electron chi connectivity index (χ1n) is 9.24. The zero-order valence-corrected chi connectivity index (χ0v) is 15.4. The third-order valence-electron chi connectivity index (χ3n) is 5.87. The van der Waals surface area contributed by atoms with Crippen molar-refractivity contribution < 1.29 is 4.74 Å². The lowest BCUT2D eigenvalue weighted by Crippen LogP contribution is -2.54. The van der Waals surface area contributed by atoms with Crippen LogP contribution in [0.1, 0.15) is 30.4 Å². The van der Waals surface area contributed by atoms with Crippen LogP contribution in [0.3, 0.4) is 0 Å². The van der Waals surface area contributed by atoms with Gasteiger partial charge < -0.3 is 9.64 Å². The van der Waals surface area contributed by atoms with Gasteiger partial charge in [-0.2, -0.15) is 0 Å². The third-order valence-corrected chi connectivity index (χ3v) is 5.87. The molecule has 0 fully saturated rings. The second kappa shape index (κ2) is 5.34. The van der Waals surface area contributed by atoms with Gasteiger partial charge in [0, 0.05) is 18.1 Å². The molecule has 0 saturated heterocycles. The minimum atomic E-state index is -0.555. The van der Waals surface area contributed by atoms with Crippen LogP contribution in [0.4, 0.5) is 11.4 Å². The number of aryl methyl sites for hydroxylation is 1. The molecule has 2 aliphatic heterocycles. The summed E-state index contributed by atoms with van der Waals surface area (Å²) in [4.78, 5) is 7.17. The Morgan fingerprint density at radius 2 is 1.96 bits per heavy atom. The highest BCUT2D eigenvalue weighted by molar-refractivity contribution is 5.99. The predicted molar refractivity (Wildman–Crippen MR) is 108 cm³/mol. The van der Waals surface area contributed by atoms with E-state index in [4.69, 9.17) is 9.73 Å². The van der Waals surface area contributed by atoms with Crippen LogP contribution in [0.25, 0.3) is 10.8 Å². The van der Waals surface area contributed by atoms with Crippen molar-refractivity contribution >= 4 is 28.4 Å². The van der Waals surface area contributed by atoms with Crippen molar-refractivity contribution in [2.24, 2.45) is 4.99 Å². The topological polar surface area (TPSA) is 24.8 Å². The summed E-state index contributed by atoms with van der Waals surface area (Å²) in [5.74, 6) is 1.12. The summed E-state index contributed by atoms with van der Waals surface area (Å²) in [7, 11) is 2.11. The van der Waals surface area contributed by atoms with Crippen molar-refractivity contribution in [2.75, 3.05) is 11.9 Å². The molecule has 2 heterocycles.